The smallest absolute Gasteiger partial charge is 0.416 e. The molecule has 1 heterocycles. The van der Waals surface area contributed by atoms with Gasteiger partial charge in [0.15, 0.2) is 0 Å². The molecule has 0 radical (unpaired) electrons. The Bertz CT molecular complexity index is 651. The molecule has 0 saturated carbocycles. The number of hydrogen-bond acceptors (Lipinski definition) is 3. The van der Waals surface area contributed by atoms with E-state index < -0.39 is 11.7 Å². The summed E-state index contributed by atoms with van der Waals surface area (Å²) in [6.45, 7) is 0. The Hall–Kier alpha value is -2.37. The summed E-state index contributed by atoms with van der Waals surface area (Å²) >= 11 is 0. The minimum Gasteiger partial charge on any atom is -0.469 e. The number of benzene rings is 1. The van der Waals surface area contributed by atoms with Crippen LogP contribution in [0.4, 0.5) is 13.2 Å². The van der Waals surface area contributed by atoms with Crippen LogP contribution < -0.4 is 0 Å². The van der Waals surface area contributed by atoms with Crippen LogP contribution in [-0.2, 0) is 28.5 Å². The fraction of sp³-hybridized carbons (Fsp3) is 0.250. The molecule has 0 aliphatic heterocycles. The SMILES string of the molecule is COC(=O)Cc1ccnc(Cc2ccc(C(F)(F)F)cc2)c1. The summed E-state index contributed by atoms with van der Waals surface area (Å²) in [7, 11) is 1.31. The van der Waals surface area contributed by atoms with E-state index in [9.17, 15) is 18.0 Å². The number of nitrogens with zero attached hydrogens (tertiary/aromatic N) is 1. The van der Waals surface area contributed by atoms with Gasteiger partial charge in [0.25, 0.3) is 0 Å². The summed E-state index contributed by atoms with van der Waals surface area (Å²) < 4.78 is 42.1. The first kappa shape index (κ1) is 16.0. The van der Waals surface area contributed by atoms with Crippen LogP contribution in [0.15, 0.2) is 42.6 Å². The highest BCUT2D eigenvalue weighted by molar-refractivity contribution is 5.72. The highest BCUT2D eigenvalue weighted by Gasteiger charge is 2.29. The van der Waals surface area contributed by atoms with Crippen LogP contribution >= 0.6 is 0 Å². The first-order valence-electron chi connectivity index (χ1n) is 6.55. The summed E-state index contributed by atoms with van der Waals surface area (Å²) in [6, 6.07) is 8.40. The van der Waals surface area contributed by atoms with E-state index in [1.54, 1.807) is 18.3 Å². The fourth-order valence-corrected chi connectivity index (χ4v) is 1.99. The van der Waals surface area contributed by atoms with E-state index in [1.165, 1.54) is 19.2 Å². The van der Waals surface area contributed by atoms with Gasteiger partial charge >= 0.3 is 12.1 Å². The number of pyridine rings is 1. The van der Waals surface area contributed by atoms with Crippen molar-refractivity contribution >= 4 is 5.97 Å². The average Bonchev–Trinajstić information content (AvgIpc) is 2.47. The minimum atomic E-state index is -4.34. The molecule has 2 rings (SSSR count). The molecule has 1 aromatic carbocycles. The highest BCUT2D eigenvalue weighted by atomic mass is 19.4. The third-order valence-corrected chi connectivity index (χ3v) is 3.12. The molecule has 0 aliphatic carbocycles. The molecule has 3 nitrogen and oxygen atoms in total. The zero-order valence-electron chi connectivity index (χ0n) is 11.9. The van der Waals surface area contributed by atoms with Gasteiger partial charge in [-0.05, 0) is 35.4 Å². The van der Waals surface area contributed by atoms with E-state index in [1.807, 2.05) is 0 Å². The van der Waals surface area contributed by atoms with Crippen LogP contribution in [0.5, 0.6) is 0 Å². The lowest BCUT2D eigenvalue weighted by Crippen LogP contribution is -2.06. The second kappa shape index (κ2) is 6.60. The van der Waals surface area contributed by atoms with Gasteiger partial charge in [0.05, 0.1) is 19.1 Å². The first-order valence-corrected chi connectivity index (χ1v) is 6.55. The van der Waals surface area contributed by atoms with Gasteiger partial charge in [-0.15, -0.1) is 0 Å². The third-order valence-electron chi connectivity index (χ3n) is 3.12. The normalized spacial score (nSPS) is 11.3. The summed E-state index contributed by atoms with van der Waals surface area (Å²) in [6.07, 6.45) is -2.24. The maximum Gasteiger partial charge on any atom is 0.416 e. The van der Waals surface area contributed by atoms with Gasteiger partial charge in [0, 0.05) is 18.3 Å². The van der Waals surface area contributed by atoms with E-state index in [2.05, 4.69) is 9.72 Å². The molecule has 0 aliphatic rings. The van der Waals surface area contributed by atoms with Crippen LogP contribution in [0, 0.1) is 0 Å². The summed E-state index contributed by atoms with van der Waals surface area (Å²) in [4.78, 5) is 15.4. The molecule has 0 fully saturated rings. The zero-order valence-corrected chi connectivity index (χ0v) is 11.9. The van der Waals surface area contributed by atoms with Crippen molar-refractivity contribution in [1.29, 1.82) is 0 Å². The molecule has 0 spiro atoms. The lowest BCUT2D eigenvalue weighted by Gasteiger charge is -2.08. The number of carbonyl (C=O) groups excluding carboxylic acids is 1. The number of esters is 1. The van der Waals surface area contributed by atoms with E-state index in [0.29, 0.717) is 12.1 Å². The number of alkyl halides is 3. The molecule has 0 atom stereocenters. The Balaban J connectivity index is 2.10. The van der Waals surface area contributed by atoms with E-state index in [0.717, 1.165) is 23.3 Å². The lowest BCUT2D eigenvalue weighted by atomic mass is 10.0. The molecule has 1 aromatic heterocycles. The van der Waals surface area contributed by atoms with E-state index >= 15 is 0 Å². The minimum absolute atomic E-state index is 0.138. The fourth-order valence-electron chi connectivity index (χ4n) is 1.99. The van der Waals surface area contributed by atoms with Crippen molar-refractivity contribution in [3.63, 3.8) is 0 Å². The second-order valence-corrected chi connectivity index (χ2v) is 4.78. The van der Waals surface area contributed by atoms with Crippen molar-refractivity contribution in [3.05, 3.63) is 65.0 Å². The van der Waals surface area contributed by atoms with Crippen LogP contribution in [0.3, 0.4) is 0 Å². The van der Waals surface area contributed by atoms with Crippen LogP contribution in [0.1, 0.15) is 22.4 Å². The molecule has 0 bridgehead atoms. The Morgan fingerprint density at radius 1 is 1.14 bits per heavy atom. The number of rotatable bonds is 4. The Morgan fingerprint density at radius 3 is 2.41 bits per heavy atom. The molecule has 0 N–H and O–H groups in total. The average molecular weight is 309 g/mol. The summed E-state index contributed by atoms with van der Waals surface area (Å²) in [5.41, 5.74) is 1.48. The predicted octanol–water partition coefficient (Wildman–Crippen LogP) is 3.41. The second-order valence-electron chi connectivity index (χ2n) is 4.78. The van der Waals surface area contributed by atoms with Crippen molar-refractivity contribution in [2.45, 2.75) is 19.0 Å². The molecule has 2 aromatic rings. The number of aromatic nitrogens is 1. The maximum atomic E-state index is 12.5. The van der Waals surface area contributed by atoms with Crippen molar-refractivity contribution in [2.24, 2.45) is 0 Å². The third kappa shape index (κ3) is 4.31. The van der Waals surface area contributed by atoms with Gasteiger partial charge in [0.2, 0.25) is 0 Å². The summed E-state index contributed by atoms with van der Waals surface area (Å²) in [5, 5.41) is 0. The zero-order chi connectivity index (χ0) is 16.2. The van der Waals surface area contributed by atoms with Gasteiger partial charge in [0.1, 0.15) is 0 Å². The van der Waals surface area contributed by atoms with Crippen molar-refractivity contribution in [3.8, 4) is 0 Å². The largest absolute Gasteiger partial charge is 0.469 e. The number of halogens is 3. The van der Waals surface area contributed by atoms with Gasteiger partial charge < -0.3 is 4.74 Å². The molecule has 0 unspecified atom stereocenters. The van der Waals surface area contributed by atoms with E-state index in [4.69, 9.17) is 0 Å². The monoisotopic (exact) mass is 309 g/mol. The number of hydrogen-bond donors (Lipinski definition) is 0. The van der Waals surface area contributed by atoms with Gasteiger partial charge in [-0.25, -0.2) is 0 Å². The first-order chi connectivity index (χ1) is 10.4. The van der Waals surface area contributed by atoms with E-state index in [-0.39, 0.29) is 12.4 Å². The number of methoxy groups -OCH3 is 1. The molecule has 0 saturated heterocycles. The molecule has 116 valence electrons. The van der Waals surface area contributed by atoms with Crippen LogP contribution in [-0.4, -0.2) is 18.1 Å². The quantitative estimate of drug-likeness (QED) is 0.813. The molecule has 0 amide bonds. The molecule has 22 heavy (non-hydrogen) atoms. The van der Waals surface area contributed by atoms with Gasteiger partial charge in [-0.3, -0.25) is 9.78 Å². The van der Waals surface area contributed by atoms with Crippen molar-refractivity contribution in [2.75, 3.05) is 7.11 Å². The Labute approximate surface area is 125 Å². The standard InChI is InChI=1S/C16H14F3NO2/c1-22-15(21)10-12-6-7-20-14(9-12)8-11-2-4-13(5-3-11)16(17,18)19/h2-7,9H,8,10H2,1H3. The number of ether oxygens (including phenoxy) is 1. The van der Waals surface area contributed by atoms with Crippen molar-refractivity contribution < 1.29 is 22.7 Å². The Kier molecular flexibility index (Phi) is 4.80. The number of carbonyl (C=O) groups is 1. The van der Waals surface area contributed by atoms with Crippen LogP contribution in [0.2, 0.25) is 0 Å². The van der Waals surface area contributed by atoms with Gasteiger partial charge in [-0.1, -0.05) is 12.1 Å². The topological polar surface area (TPSA) is 39.2 Å². The molecular weight excluding hydrogens is 295 g/mol. The maximum absolute atomic E-state index is 12.5. The van der Waals surface area contributed by atoms with Crippen LogP contribution in [0.25, 0.3) is 0 Å². The summed E-state index contributed by atoms with van der Waals surface area (Å²) in [5.74, 6) is -0.355. The lowest BCUT2D eigenvalue weighted by molar-refractivity contribution is -0.140. The molecular formula is C16H14F3NO2. The molecule has 6 heteroatoms. The van der Waals surface area contributed by atoms with Gasteiger partial charge in [-0.2, -0.15) is 13.2 Å². The highest BCUT2D eigenvalue weighted by Crippen LogP contribution is 2.29. The predicted molar refractivity (Wildman–Crippen MR) is 74.2 cm³/mol. The van der Waals surface area contributed by atoms with Crippen molar-refractivity contribution in [1.82, 2.24) is 4.98 Å². The Morgan fingerprint density at radius 2 is 1.82 bits per heavy atom.